The third-order valence-electron chi connectivity index (χ3n) is 6.52. The van der Waals surface area contributed by atoms with Crippen LogP contribution in [0.4, 0.5) is 0 Å². The number of fused-ring (bicyclic) bond motifs is 3. The maximum Gasteiger partial charge on any atom is 0.253 e. The number of Topliss-reactive ketones (excluding diaryl/α,β-unsaturated/α-hetero) is 1. The summed E-state index contributed by atoms with van der Waals surface area (Å²) in [5, 5.41) is 4.18. The molecular weight excluding hydrogens is 366 g/mol. The molecule has 3 atom stereocenters. The predicted molar refractivity (Wildman–Crippen MR) is 110 cm³/mol. The number of hydrogen-bond donors (Lipinski definition) is 1. The first-order valence-electron chi connectivity index (χ1n) is 10.1. The number of hydrogen-bond acceptors (Lipinski definition) is 4. The molecule has 150 valence electrons. The van der Waals surface area contributed by atoms with Crippen LogP contribution in [0.25, 0.3) is 16.7 Å². The average molecular weight is 391 g/mol. The van der Waals surface area contributed by atoms with Crippen molar-refractivity contribution in [2.24, 2.45) is 7.05 Å². The molecule has 2 aliphatic rings. The van der Waals surface area contributed by atoms with Gasteiger partial charge in [0.15, 0.2) is 0 Å². The minimum Gasteiger partial charge on any atom is -0.349 e. The zero-order chi connectivity index (χ0) is 20.1. The topological polar surface area (TPSA) is 72.2 Å². The summed E-state index contributed by atoms with van der Waals surface area (Å²) in [6.45, 7) is 0. The summed E-state index contributed by atoms with van der Waals surface area (Å²) in [7, 11) is 4.04. The molecule has 0 aliphatic carbocycles. The van der Waals surface area contributed by atoms with Crippen molar-refractivity contribution in [3.8, 4) is 5.82 Å². The third-order valence-corrected chi connectivity index (χ3v) is 6.52. The molecule has 4 heterocycles. The first-order valence-corrected chi connectivity index (χ1v) is 10.1. The van der Waals surface area contributed by atoms with Crippen LogP contribution in [0.1, 0.15) is 36.0 Å². The lowest BCUT2D eigenvalue weighted by Crippen LogP contribution is -2.57. The van der Waals surface area contributed by atoms with E-state index < -0.39 is 0 Å². The molecule has 1 amide bonds. The van der Waals surface area contributed by atoms with Crippen LogP contribution in [0.2, 0.25) is 0 Å². The van der Waals surface area contributed by atoms with Crippen molar-refractivity contribution in [2.75, 3.05) is 7.05 Å². The van der Waals surface area contributed by atoms with Gasteiger partial charge in [-0.3, -0.25) is 14.5 Å². The minimum atomic E-state index is -0.0546. The Kier molecular flexibility index (Phi) is 4.28. The molecule has 29 heavy (non-hydrogen) atoms. The van der Waals surface area contributed by atoms with E-state index in [1.807, 2.05) is 46.6 Å². The molecule has 2 aromatic heterocycles. The van der Waals surface area contributed by atoms with E-state index in [4.69, 9.17) is 0 Å². The first-order chi connectivity index (χ1) is 14.0. The summed E-state index contributed by atoms with van der Waals surface area (Å²) in [6.07, 6.45) is 8.29. The van der Waals surface area contributed by atoms with Gasteiger partial charge in [-0.2, -0.15) is 0 Å². The number of rotatable bonds is 3. The zero-order valence-corrected chi connectivity index (χ0v) is 16.7. The second kappa shape index (κ2) is 6.84. The van der Waals surface area contributed by atoms with Gasteiger partial charge in [-0.1, -0.05) is 18.2 Å². The third kappa shape index (κ3) is 3.06. The fourth-order valence-electron chi connectivity index (χ4n) is 4.96. The maximum absolute atomic E-state index is 13.2. The average Bonchev–Trinajstić information content (AvgIpc) is 3.27. The lowest BCUT2D eigenvalue weighted by molar-refractivity contribution is -0.126. The summed E-state index contributed by atoms with van der Waals surface area (Å²) in [4.78, 5) is 31.7. The Bertz CT molecular complexity index is 1080. The monoisotopic (exact) mass is 391 g/mol. The number of carbonyl (C=O) groups is 2. The number of ketones is 1. The highest BCUT2D eigenvalue weighted by Crippen LogP contribution is 2.32. The quantitative estimate of drug-likeness (QED) is 0.744. The van der Waals surface area contributed by atoms with Gasteiger partial charge in [-0.05, 0) is 26.0 Å². The molecule has 5 rings (SSSR count). The van der Waals surface area contributed by atoms with Gasteiger partial charge in [0.2, 0.25) is 0 Å². The van der Waals surface area contributed by atoms with Gasteiger partial charge in [-0.25, -0.2) is 4.98 Å². The van der Waals surface area contributed by atoms with E-state index in [2.05, 4.69) is 22.2 Å². The maximum atomic E-state index is 13.2. The van der Waals surface area contributed by atoms with Gasteiger partial charge in [0.1, 0.15) is 11.6 Å². The molecule has 2 aliphatic heterocycles. The molecule has 0 radical (unpaired) electrons. The van der Waals surface area contributed by atoms with E-state index in [1.165, 1.54) is 0 Å². The van der Waals surface area contributed by atoms with Gasteiger partial charge in [0, 0.05) is 49.6 Å². The van der Waals surface area contributed by atoms with Gasteiger partial charge < -0.3 is 14.5 Å². The smallest absolute Gasteiger partial charge is 0.253 e. The van der Waals surface area contributed by atoms with Gasteiger partial charge >= 0.3 is 0 Å². The number of piperidine rings is 2. The fraction of sp³-hybridized carbons (Fsp3) is 0.409. The van der Waals surface area contributed by atoms with E-state index >= 15 is 0 Å². The zero-order valence-electron chi connectivity index (χ0n) is 16.7. The van der Waals surface area contributed by atoms with Crippen LogP contribution in [0, 0.1) is 0 Å². The molecule has 7 nitrogen and oxygen atoms in total. The number of aromatic nitrogens is 3. The van der Waals surface area contributed by atoms with Crippen LogP contribution < -0.4 is 5.32 Å². The molecule has 0 saturated carbocycles. The normalized spacial score (nSPS) is 24.8. The summed E-state index contributed by atoms with van der Waals surface area (Å²) in [6, 6.07) is 8.50. The minimum absolute atomic E-state index is 0.0546. The standard InChI is InChI=1S/C22H25N5O2/c1-25-13-23-11-21(25)27-12-19(18-5-3-4-6-20(18)27)22(29)24-14-7-15-9-17(28)10-16(8-14)26(15)2/h3-6,11-16H,7-10H2,1-2H3,(H,24,29)/t14?,15-,16+. The molecule has 0 spiro atoms. The van der Waals surface area contributed by atoms with Crippen molar-refractivity contribution < 1.29 is 9.59 Å². The molecule has 2 saturated heterocycles. The number of para-hydroxylation sites is 1. The van der Waals surface area contributed by atoms with Gasteiger partial charge in [0.05, 0.1) is 23.6 Å². The molecule has 1 unspecified atom stereocenters. The molecular formula is C22H25N5O2. The highest BCUT2D eigenvalue weighted by Gasteiger charge is 2.39. The fourth-order valence-corrected chi connectivity index (χ4v) is 4.96. The van der Waals surface area contributed by atoms with E-state index in [0.717, 1.165) is 29.6 Å². The predicted octanol–water partition coefficient (Wildman–Crippen LogP) is 2.29. The van der Waals surface area contributed by atoms with E-state index in [0.29, 0.717) is 24.2 Å². The highest BCUT2D eigenvalue weighted by atomic mass is 16.1. The van der Waals surface area contributed by atoms with Crippen molar-refractivity contribution in [3.05, 3.63) is 48.5 Å². The highest BCUT2D eigenvalue weighted by molar-refractivity contribution is 6.07. The number of benzene rings is 1. The van der Waals surface area contributed by atoms with Crippen LogP contribution in [-0.4, -0.2) is 55.9 Å². The Morgan fingerprint density at radius 1 is 1.14 bits per heavy atom. The number of imidazole rings is 1. The van der Waals surface area contributed by atoms with Crippen LogP contribution in [0.3, 0.4) is 0 Å². The number of carbonyl (C=O) groups excluding carboxylic acids is 2. The van der Waals surface area contributed by atoms with Crippen molar-refractivity contribution in [1.29, 1.82) is 0 Å². The van der Waals surface area contributed by atoms with Gasteiger partial charge in [-0.15, -0.1) is 0 Å². The molecule has 1 aromatic carbocycles. The molecule has 3 aromatic rings. The SMILES string of the molecule is CN1[C@@H]2CC(=O)C[C@H]1CC(NC(=O)c1cn(-c3cncn3C)c3ccccc13)C2. The lowest BCUT2D eigenvalue weighted by atomic mass is 9.81. The van der Waals surface area contributed by atoms with Crippen molar-refractivity contribution in [2.45, 2.75) is 43.8 Å². The van der Waals surface area contributed by atoms with Crippen molar-refractivity contribution >= 4 is 22.6 Å². The van der Waals surface area contributed by atoms with E-state index in [-0.39, 0.29) is 24.0 Å². The van der Waals surface area contributed by atoms with Crippen LogP contribution >= 0.6 is 0 Å². The summed E-state index contributed by atoms with van der Waals surface area (Å²) >= 11 is 0. The number of amides is 1. The summed E-state index contributed by atoms with van der Waals surface area (Å²) in [5.41, 5.74) is 1.65. The Morgan fingerprint density at radius 3 is 2.55 bits per heavy atom. The van der Waals surface area contributed by atoms with Crippen molar-refractivity contribution in [3.63, 3.8) is 0 Å². The van der Waals surface area contributed by atoms with E-state index in [9.17, 15) is 9.59 Å². The Labute approximate surface area is 169 Å². The van der Waals surface area contributed by atoms with Crippen LogP contribution in [0.5, 0.6) is 0 Å². The van der Waals surface area contributed by atoms with Crippen molar-refractivity contribution in [1.82, 2.24) is 24.3 Å². The van der Waals surface area contributed by atoms with E-state index in [1.54, 1.807) is 12.5 Å². The Balaban J connectivity index is 1.44. The molecule has 1 N–H and O–H groups in total. The Hall–Kier alpha value is -2.93. The second-order valence-electron chi connectivity index (χ2n) is 8.35. The number of nitrogens with zero attached hydrogens (tertiary/aromatic N) is 4. The first kappa shape index (κ1) is 18.1. The van der Waals surface area contributed by atoms with Crippen LogP contribution in [-0.2, 0) is 11.8 Å². The number of aryl methyl sites for hydroxylation is 1. The Morgan fingerprint density at radius 2 is 1.86 bits per heavy atom. The van der Waals surface area contributed by atoms with Crippen LogP contribution in [0.15, 0.2) is 43.0 Å². The van der Waals surface area contributed by atoms with Gasteiger partial charge in [0.25, 0.3) is 5.91 Å². The molecule has 7 heteroatoms. The second-order valence-corrected chi connectivity index (χ2v) is 8.35. The molecule has 2 fully saturated rings. The summed E-state index contributed by atoms with van der Waals surface area (Å²) < 4.78 is 3.95. The molecule has 2 bridgehead atoms. The number of nitrogens with one attached hydrogen (secondary N) is 1. The summed E-state index contributed by atoms with van der Waals surface area (Å²) in [5.74, 6) is 1.20. The largest absolute Gasteiger partial charge is 0.349 e. The lowest BCUT2D eigenvalue weighted by Gasteiger charge is -2.46.